The topological polar surface area (TPSA) is 84.3 Å². The predicted molar refractivity (Wildman–Crippen MR) is 71.5 cm³/mol. The number of nitrogens with one attached hydrogen (secondary N) is 2. The molecule has 1 amide bonds. The molecule has 1 aliphatic rings. The normalized spacial score (nSPS) is 18.3. The molecular weight excluding hydrogens is 270 g/mol. The van der Waals surface area contributed by atoms with Gasteiger partial charge in [0.1, 0.15) is 0 Å². The summed E-state index contributed by atoms with van der Waals surface area (Å²) in [6.07, 6.45) is 2.15. The second-order valence-electron chi connectivity index (χ2n) is 4.42. The van der Waals surface area contributed by atoms with Crippen LogP contribution in [0.25, 0.3) is 0 Å². The molecule has 0 saturated carbocycles. The lowest BCUT2D eigenvalue weighted by Gasteiger charge is -2.12. The lowest BCUT2D eigenvalue weighted by Crippen LogP contribution is -2.37. The molecule has 0 radical (unpaired) electrons. The highest BCUT2D eigenvalue weighted by molar-refractivity contribution is 6.34. The van der Waals surface area contributed by atoms with Gasteiger partial charge in [0, 0.05) is 24.7 Å². The van der Waals surface area contributed by atoms with Crippen LogP contribution >= 0.6 is 11.6 Å². The van der Waals surface area contributed by atoms with Gasteiger partial charge in [0.2, 0.25) is 0 Å². The number of benzene rings is 1. The molecule has 19 heavy (non-hydrogen) atoms. The summed E-state index contributed by atoms with van der Waals surface area (Å²) in [7, 11) is 0. The summed E-state index contributed by atoms with van der Waals surface area (Å²) in [5, 5.41) is 16.7. The molecule has 1 heterocycles. The molecule has 1 atom stereocenters. The van der Waals surface area contributed by atoms with Crippen molar-refractivity contribution in [3.8, 4) is 0 Å². The fourth-order valence-corrected chi connectivity index (χ4v) is 2.30. The minimum atomic E-state index is -0.546. The molecule has 2 rings (SSSR count). The highest BCUT2D eigenvalue weighted by Crippen LogP contribution is 2.22. The third-order valence-corrected chi connectivity index (χ3v) is 3.39. The van der Waals surface area contributed by atoms with Crippen molar-refractivity contribution in [2.24, 2.45) is 0 Å². The molecule has 2 N–H and O–H groups in total. The molecule has 1 aromatic rings. The summed E-state index contributed by atoms with van der Waals surface area (Å²) in [6, 6.07) is 4.12. The predicted octanol–water partition coefficient (Wildman–Crippen LogP) is 1.73. The number of halogens is 1. The van der Waals surface area contributed by atoms with E-state index in [1.165, 1.54) is 18.2 Å². The molecular formula is C12H14ClN3O3. The largest absolute Gasteiger partial charge is 0.350 e. The maximum absolute atomic E-state index is 11.9. The van der Waals surface area contributed by atoms with Crippen LogP contribution in [0.1, 0.15) is 23.2 Å². The van der Waals surface area contributed by atoms with E-state index in [9.17, 15) is 14.9 Å². The van der Waals surface area contributed by atoms with Crippen molar-refractivity contribution in [3.63, 3.8) is 0 Å². The summed E-state index contributed by atoms with van der Waals surface area (Å²) in [6.45, 7) is 1.50. The quantitative estimate of drug-likeness (QED) is 0.651. The Morgan fingerprint density at radius 2 is 2.37 bits per heavy atom. The minimum absolute atomic E-state index is 0.0890. The van der Waals surface area contributed by atoms with E-state index >= 15 is 0 Å². The fraction of sp³-hybridized carbons (Fsp3) is 0.417. The van der Waals surface area contributed by atoms with E-state index in [4.69, 9.17) is 11.6 Å². The molecule has 0 bridgehead atoms. The van der Waals surface area contributed by atoms with E-state index in [-0.39, 0.29) is 22.2 Å². The van der Waals surface area contributed by atoms with Gasteiger partial charge in [0.05, 0.1) is 15.5 Å². The van der Waals surface area contributed by atoms with Crippen molar-refractivity contribution in [1.82, 2.24) is 10.6 Å². The number of nitro benzene ring substituents is 1. The highest BCUT2D eigenvalue weighted by atomic mass is 35.5. The van der Waals surface area contributed by atoms with Crippen molar-refractivity contribution in [1.29, 1.82) is 0 Å². The molecule has 1 saturated heterocycles. The number of nitro groups is 1. The summed E-state index contributed by atoms with van der Waals surface area (Å²) >= 11 is 5.88. The van der Waals surface area contributed by atoms with Crippen molar-refractivity contribution in [2.75, 3.05) is 13.1 Å². The molecule has 6 nitrogen and oxygen atoms in total. The first-order valence-corrected chi connectivity index (χ1v) is 6.41. The van der Waals surface area contributed by atoms with Crippen molar-refractivity contribution in [2.45, 2.75) is 18.9 Å². The van der Waals surface area contributed by atoms with Crippen LogP contribution in [-0.4, -0.2) is 30.0 Å². The van der Waals surface area contributed by atoms with Gasteiger partial charge in [-0.2, -0.15) is 0 Å². The Balaban J connectivity index is 2.00. The van der Waals surface area contributed by atoms with Gasteiger partial charge in [0.15, 0.2) is 0 Å². The molecule has 1 aromatic carbocycles. The number of amides is 1. The van der Waals surface area contributed by atoms with Gasteiger partial charge in [-0.1, -0.05) is 11.6 Å². The average molecular weight is 284 g/mol. The highest BCUT2D eigenvalue weighted by Gasteiger charge is 2.18. The Morgan fingerprint density at radius 3 is 2.95 bits per heavy atom. The first-order valence-electron chi connectivity index (χ1n) is 6.03. The zero-order chi connectivity index (χ0) is 13.8. The first-order chi connectivity index (χ1) is 9.08. The lowest BCUT2D eigenvalue weighted by molar-refractivity contribution is -0.384. The minimum Gasteiger partial charge on any atom is -0.350 e. The number of rotatable bonds is 4. The van der Waals surface area contributed by atoms with E-state index < -0.39 is 4.92 Å². The average Bonchev–Trinajstić information content (AvgIpc) is 2.88. The standard InChI is InChI=1S/C12H14ClN3O3/c13-11-6-9(16(18)19)3-4-10(11)12(17)15-7-8-2-1-5-14-8/h3-4,6,8,14H,1-2,5,7H2,(H,15,17). The lowest BCUT2D eigenvalue weighted by atomic mass is 10.1. The van der Waals surface area contributed by atoms with Crippen molar-refractivity contribution in [3.05, 3.63) is 38.9 Å². The number of hydrogen-bond acceptors (Lipinski definition) is 4. The number of hydrogen-bond donors (Lipinski definition) is 2. The fourth-order valence-electron chi connectivity index (χ4n) is 2.04. The van der Waals surface area contributed by atoms with Gasteiger partial charge in [-0.3, -0.25) is 14.9 Å². The summed E-state index contributed by atoms with van der Waals surface area (Å²) in [5.41, 5.74) is 0.129. The maximum atomic E-state index is 11.9. The molecule has 1 fully saturated rings. The van der Waals surface area contributed by atoms with E-state index in [1.54, 1.807) is 0 Å². The van der Waals surface area contributed by atoms with Crippen LogP contribution < -0.4 is 10.6 Å². The van der Waals surface area contributed by atoms with Gasteiger partial charge in [0.25, 0.3) is 11.6 Å². The Kier molecular flexibility index (Phi) is 4.34. The van der Waals surface area contributed by atoms with E-state index in [0.29, 0.717) is 12.6 Å². The number of non-ortho nitro benzene ring substituents is 1. The van der Waals surface area contributed by atoms with Crippen LogP contribution in [0.5, 0.6) is 0 Å². The van der Waals surface area contributed by atoms with E-state index in [2.05, 4.69) is 10.6 Å². The monoisotopic (exact) mass is 283 g/mol. The van der Waals surface area contributed by atoms with Gasteiger partial charge >= 0.3 is 0 Å². The molecule has 1 aliphatic heterocycles. The summed E-state index contributed by atoms with van der Waals surface area (Å²) in [5.74, 6) is -0.311. The Morgan fingerprint density at radius 1 is 1.58 bits per heavy atom. The first kappa shape index (κ1) is 13.8. The zero-order valence-electron chi connectivity index (χ0n) is 10.2. The number of carbonyl (C=O) groups excluding carboxylic acids is 1. The van der Waals surface area contributed by atoms with Gasteiger partial charge in [-0.15, -0.1) is 0 Å². The number of carbonyl (C=O) groups is 1. The second-order valence-corrected chi connectivity index (χ2v) is 4.83. The molecule has 1 unspecified atom stereocenters. The molecule has 7 heteroatoms. The zero-order valence-corrected chi connectivity index (χ0v) is 10.9. The Bertz CT molecular complexity index is 501. The van der Waals surface area contributed by atoms with Crippen LogP contribution in [0.4, 0.5) is 5.69 Å². The van der Waals surface area contributed by atoms with Crippen LogP contribution in [0, 0.1) is 10.1 Å². The maximum Gasteiger partial charge on any atom is 0.270 e. The summed E-state index contributed by atoms with van der Waals surface area (Å²) < 4.78 is 0. The Labute approximate surface area is 115 Å². The van der Waals surface area contributed by atoms with Gasteiger partial charge in [-0.05, 0) is 25.5 Å². The van der Waals surface area contributed by atoms with Crippen molar-refractivity contribution >= 4 is 23.2 Å². The number of nitrogens with zero attached hydrogens (tertiary/aromatic N) is 1. The molecule has 0 aromatic heterocycles. The third-order valence-electron chi connectivity index (χ3n) is 3.08. The van der Waals surface area contributed by atoms with Crippen LogP contribution in [0.2, 0.25) is 5.02 Å². The van der Waals surface area contributed by atoms with E-state index in [1.807, 2.05) is 0 Å². The van der Waals surface area contributed by atoms with E-state index in [0.717, 1.165) is 19.4 Å². The third kappa shape index (κ3) is 3.42. The van der Waals surface area contributed by atoms with Crippen LogP contribution in [0.15, 0.2) is 18.2 Å². The van der Waals surface area contributed by atoms with Gasteiger partial charge in [-0.25, -0.2) is 0 Å². The summed E-state index contributed by atoms with van der Waals surface area (Å²) in [4.78, 5) is 21.9. The van der Waals surface area contributed by atoms with Crippen LogP contribution in [0.3, 0.4) is 0 Å². The molecule has 102 valence electrons. The smallest absolute Gasteiger partial charge is 0.270 e. The molecule has 0 aliphatic carbocycles. The van der Waals surface area contributed by atoms with Gasteiger partial charge < -0.3 is 10.6 Å². The molecule has 0 spiro atoms. The Hall–Kier alpha value is -1.66. The second kappa shape index (κ2) is 5.99. The SMILES string of the molecule is O=C(NCC1CCCN1)c1ccc([N+](=O)[O-])cc1Cl. The van der Waals surface area contributed by atoms with Crippen molar-refractivity contribution < 1.29 is 9.72 Å². The van der Waals surface area contributed by atoms with Crippen LogP contribution in [-0.2, 0) is 0 Å².